The van der Waals surface area contributed by atoms with Crippen molar-refractivity contribution in [3.05, 3.63) is 33.7 Å². The molecule has 1 aromatic carbocycles. The summed E-state index contributed by atoms with van der Waals surface area (Å²) in [6.45, 7) is 1.54. The zero-order valence-electron chi connectivity index (χ0n) is 12.6. The van der Waals surface area contributed by atoms with Crippen LogP contribution in [0.15, 0.2) is 29.2 Å². The molecule has 0 unspecified atom stereocenters. The second kappa shape index (κ2) is 7.23. The summed E-state index contributed by atoms with van der Waals surface area (Å²) in [5.74, 6) is 5.60. The lowest BCUT2D eigenvalue weighted by Gasteiger charge is -2.16. The molecular weight excluding hydrogens is 451 g/mol. The molecule has 0 atom stereocenters. The van der Waals surface area contributed by atoms with Gasteiger partial charge in [0.15, 0.2) is 0 Å². The van der Waals surface area contributed by atoms with Gasteiger partial charge in [0.05, 0.1) is 7.11 Å². The first-order valence-electron chi connectivity index (χ1n) is 6.37. The normalized spacial score (nSPS) is 11.0. The van der Waals surface area contributed by atoms with Crippen molar-refractivity contribution < 1.29 is 17.9 Å². The molecule has 0 aliphatic rings. The lowest BCUT2D eigenvalue weighted by atomic mass is 10.4. The zero-order valence-corrected chi connectivity index (χ0v) is 15.6. The number of hydrazine groups is 1. The summed E-state index contributed by atoms with van der Waals surface area (Å²) in [6, 6.07) is 5.01. The first kappa shape index (κ1) is 18.3. The Kier molecular flexibility index (Phi) is 5.51. The van der Waals surface area contributed by atoms with Gasteiger partial charge in [-0.25, -0.2) is 23.8 Å². The van der Waals surface area contributed by atoms with E-state index in [0.29, 0.717) is 8.58 Å². The molecule has 2 aromatic rings. The zero-order chi connectivity index (χ0) is 17.9. The van der Waals surface area contributed by atoms with Crippen LogP contribution >= 0.6 is 22.6 Å². The molecule has 3 N–H and O–H groups in total. The van der Waals surface area contributed by atoms with Crippen LogP contribution in [0.1, 0.15) is 5.82 Å². The summed E-state index contributed by atoms with van der Waals surface area (Å²) in [4.78, 5) is 23.6. The molecule has 0 aliphatic heterocycles. The summed E-state index contributed by atoms with van der Waals surface area (Å²) in [6.07, 6.45) is 0. The Morgan fingerprint density at radius 2 is 1.96 bits per heavy atom. The molecule has 2 amide bonds. The Bertz CT molecular complexity index is 876. The third-order valence-electron chi connectivity index (χ3n) is 2.68. The van der Waals surface area contributed by atoms with E-state index >= 15 is 0 Å². The number of nitrogens with one attached hydrogen (secondary N) is 1. The smallest absolute Gasteiger partial charge is 0.352 e. The molecule has 0 saturated heterocycles. The Labute approximate surface area is 151 Å². The monoisotopic (exact) mass is 464 g/mol. The van der Waals surface area contributed by atoms with E-state index in [9.17, 15) is 13.2 Å². The maximum Gasteiger partial charge on any atom is 0.352 e. The van der Waals surface area contributed by atoms with Gasteiger partial charge >= 0.3 is 12.0 Å². The van der Waals surface area contributed by atoms with E-state index in [0.717, 1.165) is 0 Å². The van der Waals surface area contributed by atoms with Crippen molar-refractivity contribution in [2.75, 3.05) is 12.1 Å². The van der Waals surface area contributed by atoms with Crippen molar-refractivity contribution in [1.82, 2.24) is 19.7 Å². The number of nitrogens with two attached hydrogens (primary N) is 1. The van der Waals surface area contributed by atoms with Crippen molar-refractivity contribution >= 4 is 44.6 Å². The lowest BCUT2D eigenvalue weighted by molar-refractivity contribution is 0.250. The van der Waals surface area contributed by atoms with Gasteiger partial charge in [0.2, 0.25) is 0 Å². The molecule has 2 rings (SSSR count). The van der Waals surface area contributed by atoms with Gasteiger partial charge in [0, 0.05) is 3.57 Å². The summed E-state index contributed by atoms with van der Waals surface area (Å²) < 4.78 is 31.8. The summed E-state index contributed by atoms with van der Waals surface area (Å²) in [5, 5.41) is 0.463. The van der Waals surface area contributed by atoms with Crippen molar-refractivity contribution in [2.45, 2.75) is 11.8 Å². The van der Waals surface area contributed by atoms with E-state index in [1.807, 2.05) is 27.3 Å². The standard InChI is InChI=1S/C12H13IN6O4S/c1-7-15-10(17-11(16-7)23-2)19(14)12(20)18-24(21,22)9-6-4-3-5-8(9)13/h3-6H,14H2,1-2H3,(H,18,20). The van der Waals surface area contributed by atoms with Crippen LogP contribution in [0.3, 0.4) is 0 Å². The van der Waals surface area contributed by atoms with Crippen LogP contribution in [0, 0.1) is 10.5 Å². The van der Waals surface area contributed by atoms with Crippen molar-refractivity contribution in [2.24, 2.45) is 5.84 Å². The number of sulfonamides is 1. The number of hydrogen-bond acceptors (Lipinski definition) is 8. The van der Waals surface area contributed by atoms with Crippen molar-refractivity contribution in [3.8, 4) is 6.01 Å². The number of ether oxygens (including phenoxy) is 1. The quantitative estimate of drug-likeness (QED) is 0.290. The number of nitrogens with zero attached hydrogens (tertiary/aromatic N) is 4. The first-order valence-corrected chi connectivity index (χ1v) is 8.93. The molecular formula is C12H13IN6O4S. The fraction of sp³-hybridized carbons (Fsp3) is 0.167. The number of methoxy groups -OCH3 is 1. The summed E-state index contributed by atoms with van der Waals surface area (Å²) in [7, 11) is -2.77. The van der Waals surface area contributed by atoms with Gasteiger partial charge in [-0.15, -0.1) is 0 Å². The predicted octanol–water partition coefficient (Wildman–Crippen LogP) is 0.572. The predicted molar refractivity (Wildman–Crippen MR) is 92.7 cm³/mol. The second-order valence-electron chi connectivity index (χ2n) is 4.38. The van der Waals surface area contributed by atoms with E-state index in [2.05, 4.69) is 15.0 Å². The number of urea groups is 1. The van der Waals surface area contributed by atoms with Crippen molar-refractivity contribution in [3.63, 3.8) is 0 Å². The fourth-order valence-electron chi connectivity index (χ4n) is 1.62. The molecule has 12 heteroatoms. The number of rotatable bonds is 4. The van der Waals surface area contributed by atoms with Gasteiger partial charge in [-0.1, -0.05) is 12.1 Å². The maximum absolute atomic E-state index is 12.3. The molecule has 1 heterocycles. The highest BCUT2D eigenvalue weighted by Crippen LogP contribution is 2.17. The van der Waals surface area contributed by atoms with Crippen LogP contribution < -0.4 is 20.3 Å². The number of hydrogen-bond donors (Lipinski definition) is 2. The van der Waals surface area contributed by atoms with Gasteiger partial charge in [0.1, 0.15) is 10.7 Å². The minimum Gasteiger partial charge on any atom is -0.467 e. The Hall–Kier alpha value is -2.06. The van der Waals surface area contributed by atoms with Crippen molar-refractivity contribution in [1.29, 1.82) is 0 Å². The van der Waals surface area contributed by atoms with E-state index in [1.165, 1.54) is 13.2 Å². The minimum atomic E-state index is -4.10. The minimum absolute atomic E-state index is 0.0447. The average molecular weight is 464 g/mol. The first-order chi connectivity index (χ1) is 11.2. The number of halogens is 1. The third kappa shape index (κ3) is 4.07. The number of aryl methyl sites for hydroxylation is 1. The molecule has 0 fully saturated rings. The molecule has 10 nitrogen and oxygen atoms in total. The highest BCUT2D eigenvalue weighted by atomic mass is 127. The number of aromatic nitrogens is 3. The third-order valence-corrected chi connectivity index (χ3v) is 5.36. The largest absolute Gasteiger partial charge is 0.467 e. The van der Waals surface area contributed by atoms with Crippen LogP contribution in [0.25, 0.3) is 0 Å². The van der Waals surface area contributed by atoms with Crippen LogP contribution in [0.2, 0.25) is 0 Å². The van der Waals surface area contributed by atoms with E-state index < -0.39 is 16.1 Å². The average Bonchev–Trinajstić information content (AvgIpc) is 2.53. The molecule has 0 spiro atoms. The van der Waals surface area contributed by atoms with Crippen LogP contribution in [-0.4, -0.2) is 36.5 Å². The molecule has 0 saturated carbocycles. The number of benzene rings is 1. The van der Waals surface area contributed by atoms with Gasteiger partial charge in [0.25, 0.3) is 16.0 Å². The summed E-state index contributed by atoms with van der Waals surface area (Å²) >= 11 is 1.85. The Morgan fingerprint density at radius 3 is 2.58 bits per heavy atom. The SMILES string of the molecule is COc1nc(C)nc(N(N)C(=O)NS(=O)(=O)c2ccccc2I)n1. The molecule has 0 bridgehead atoms. The van der Waals surface area contributed by atoms with Gasteiger partial charge in [-0.3, -0.25) is 0 Å². The number of amides is 2. The van der Waals surface area contributed by atoms with Crippen LogP contribution in [-0.2, 0) is 10.0 Å². The number of carbonyl (C=O) groups is 1. The molecule has 128 valence electrons. The van der Waals surface area contributed by atoms with Crippen LogP contribution in [0.5, 0.6) is 6.01 Å². The van der Waals surface area contributed by atoms with Crippen LogP contribution in [0.4, 0.5) is 10.7 Å². The Morgan fingerprint density at radius 1 is 1.29 bits per heavy atom. The molecule has 0 radical (unpaired) electrons. The molecule has 0 aliphatic carbocycles. The highest BCUT2D eigenvalue weighted by molar-refractivity contribution is 14.1. The highest BCUT2D eigenvalue weighted by Gasteiger charge is 2.25. The number of anilines is 1. The van der Waals surface area contributed by atoms with E-state index in [1.54, 1.807) is 25.1 Å². The van der Waals surface area contributed by atoms with Gasteiger partial charge in [-0.2, -0.15) is 20.0 Å². The van der Waals surface area contributed by atoms with E-state index in [-0.39, 0.29) is 22.7 Å². The van der Waals surface area contributed by atoms with Gasteiger partial charge in [-0.05, 0) is 41.6 Å². The molecule has 1 aromatic heterocycles. The Balaban J connectivity index is 2.26. The van der Waals surface area contributed by atoms with Gasteiger partial charge < -0.3 is 4.74 Å². The molecule has 24 heavy (non-hydrogen) atoms. The van der Waals surface area contributed by atoms with E-state index in [4.69, 9.17) is 10.6 Å². The topological polar surface area (TPSA) is 140 Å². The lowest BCUT2D eigenvalue weighted by Crippen LogP contribution is -2.48. The second-order valence-corrected chi connectivity index (χ2v) is 7.19. The number of carbonyl (C=O) groups excluding carboxylic acids is 1. The maximum atomic E-state index is 12.3. The summed E-state index contributed by atoms with van der Waals surface area (Å²) in [5.41, 5.74) is 0. The fourth-order valence-corrected chi connectivity index (χ4v) is 3.89.